The Morgan fingerprint density at radius 3 is 2.94 bits per heavy atom. The number of allylic oxidation sites excluding steroid dienone is 1. The standard InChI is InChI=1S/C25H32N3O5PS2/c1-15(2)16-9-10-25(3)21(13-16)36-34(35,33-25)32-12-11-26-19-6-4-5-17-18(19)14-28(24(17)31)20-7-8-22(29)27-23(20)30/h4-6,16,20-21,26H,1,7-14H2,2-3H3,(H,27,29,30)/t16-,20?,21+,25+,34?/m0/s1. The molecule has 8 nitrogen and oxygen atoms in total. The molecule has 1 aromatic carbocycles. The Bertz CT molecular complexity index is 1180. The van der Waals surface area contributed by atoms with Crippen molar-refractivity contribution in [2.24, 2.45) is 5.92 Å². The van der Waals surface area contributed by atoms with Gasteiger partial charge in [-0.1, -0.05) is 29.6 Å². The third-order valence-electron chi connectivity index (χ3n) is 7.69. The number of rotatable bonds is 7. The number of carbonyl (C=O) groups excluding carboxylic acids is 3. The van der Waals surface area contributed by atoms with Crippen LogP contribution in [0.25, 0.3) is 0 Å². The number of benzene rings is 1. The zero-order valence-corrected chi connectivity index (χ0v) is 23.1. The highest BCUT2D eigenvalue weighted by atomic mass is 32.9. The first-order chi connectivity index (χ1) is 17.1. The summed E-state index contributed by atoms with van der Waals surface area (Å²) >= 11 is 7.56. The molecule has 2 unspecified atom stereocenters. The molecular weight excluding hydrogens is 517 g/mol. The van der Waals surface area contributed by atoms with Gasteiger partial charge in [0.25, 0.3) is 5.91 Å². The average Bonchev–Trinajstić information content (AvgIpc) is 3.29. The number of hydrogen-bond acceptors (Lipinski definition) is 8. The second kappa shape index (κ2) is 9.87. The van der Waals surface area contributed by atoms with E-state index in [1.807, 2.05) is 12.1 Å². The summed E-state index contributed by atoms with van der Waals surface area (Å²) in [6, 6.07) is 4.90. The Balaban J connectivity index is 1.18. The van der Waals surface area contributed by atoms with E-state index in [9.17, 15) is 14.4 Å². The highest BCUT2D eigenvalue weighted by molar-refractivity contribution is 8.68. The fraction of sp³-hybridized carbons (Fsp3) is 0.560. The van der Waals surface area contributed by atoms with Crippen LogP contribution in [0.5, 0.6) is 0 Å². The summed E-state index contributed by atoms with van der Waals surface area (Å²) in [7, 11) is 0. The molecule has 194 valence electrons. The topological polar surface area (TPSA) is 97.0 Å². The summed E-state index contributed by atoms with van der Waals surface area (Å²) in [4.78, 5) is 38.4. The predicted molar refractivity (Wildman–Crippen MR) is 144 cm³/mol. The zero-order valence-electron chi connectivity index (χ0n) is 20.6. The Hall–Kier alpha value is -1.71. The molecule has 1 aromatic rings. The van der Waals surface area contributed by atoms with E-state index in [2.05, 4.69) is 31.1 Å². The molecule has 5 atom stereocenters. The Kier molecular flexibility index (Phi) is 7.11. The number of amides is 3. The molecule has 4 aliphatic rings. The molecule has 0 spiro atoms. The van der Waals surface area contributed by atoms with E-state index in [0.29, 0.717) is 42.8 Å². The first-order valence-electron chi connectivity index (χ1n) is 12.4. The van der Waals surface area contributed by atoms with Crippen LogP contribution in [0.4, 0.5) is 5.69 Å². The smallest absolute Gasteiger partial charge is 0.255 e. The number of anilines is 1. The van der Waals surface area contributed by atoms with Gasteiger partial charge in [0.05, 0.1) is 12.2 Å². The number of hydrogen-bond donors (Lipinski definition) is 2. The maximum absolute atomic E-state index is 13.0. The van der Waals surface area contributed by atoms with Crippen molar-refractivity contribution >= 4 is 52.3 Å². The first-order valence-corrected chi connectivity index (χ1v) is 16.5. The fourth-order valence-corrected chi connectivity index (χ4v) is 12.4. The van der Waals surface area contributed by atoms with Crippen LogP contribution in [0, 0.1) is 5.92 Å². The summed E-state index contributed by atoms with van der Waals surface area (Å²) in [6.07, 6.45) is 3.66. The van der Waals surface area contributed by atoms with Gasteiger partial charge in [0.2, 0.25) is 17.5 Å². The van der Waals surface area contributed by atoms with Crippen molar-refractivity contribution < 1.29 is 23.4 Å². The number of fused-ring (bicyclic) bond motifs is 2. The molecule has 1 saturated carbocycles. The lowest BCUT2D eigenvalue weighted by Crippen LogP contribution is -2.52. The minimum atomic E-state index is -2.44. The Labute approximate surface area is 220 Å². The summed E-state index contributed by atoms with van der Waals surface area (Å²) in [6.45, 7) is 9.64. The molecule has 0 aromatic heterocycles. The largest absolute Gasteiger partial charge is 0.382 e. The quantitative estimate of drug-likeness (QED) is 0.224. The molecule has 3 fully saturated rings. The molecule has 11 heteroatoms. The highest BCUT2D eigenvalue weighted by Gasteiger charge is 2.53. The summed E-state index contributed by atoms with van der Waals surface area (Å²) < 4.78 is 12.6. The second-order valence-corrected chi connectivity index (χ2v) is 16.6. The molecule has 0 radical (unpaired) electrons. The van der Waals surface area contributed by atoms with E-state index >= 15 is 0 Å². The summed E-state index contributed by atoms with van der Waals surface area (Å²) in [5.41, 5.74) is 0.821. The van der Waals surface area contributed by atoms with Crippen molar-refractivity contribution in [3.8, 4) is 0 Å². The molecule has 0 bridgehead atoms. The van der Waals surface area contributed by atoms with Crippen molar-refractivity contribution in [3.05, 3.63) is 41.5 Å². The van der Waals surface area contributed by atoms with Crippen molar-refractivity contribution in [1.82, 2.24) is 10.2 Å². The summed E-state index contributed by atoms with van der Waals surface area (Å²) in [5, 5.41) is 6.05. The van der Waals surface area contributed by atoms with Crippen LogP contribution in [-0.2, 0) is 37.0 Å². The molecule has 36 heavy (non-hydrogen) atoms. The van der Waals surface area contributed by atoms with Crippen LogP contribution in [0.2, 0.25) is 0 Å². The predicted octanol–water partition coefficient (Wildman–Crippen LogP) is 4.37. The molecule has 3 amide bonds. The van der Waals surface area contributed by atoms with Crippen LogP contribution in [0.1, 0.15) is 61.9 Å². The van der Waals surface area contributed by atoms with Crippen molar-refractivity contribution in [2.45, 2.75) is 69.4 Å². The third-order valence-corrected chi connectivity index (χ3v) is 13.4. The molecule has 1 aliphatic carbocycles. The number of imide groups is 1. The fourth-order valence-electron chi connectivity index (χ4n) is 5.54. The minimum Gasteiger partial charge on any atom is -0.382 e. The third kappa shape index (κ3) is 4.90. The zero-order chi connectivity index (χ0) is 25.7. The van der Waals surface area contributed by atoms with E-state index in [0.717, 1.165) is 30.5 Å². The molecule has 5 rings (SSSR count). The van der Waals surface area contributed by atoms with E-state index in [4.69, 9.17) is 20.9 Å². The maximum Gasteiger partial charge on any atom is 0.255 e. The van der Waals surface area contributed by atoms with Crippen LogP contribution < -0.4 is 10.6 Å². The molecule has 2 saturated heterocycles. The van der Waals surface area contributed by atoms with Crippen LogP contribution in [-0.4, -0.2) is 52.7 Å². The van der Waals surface area contributed by atoms with Crippen LogP contribution >= 0.6 is 17.1 Å². The van der Waals surface area contributed by atoms with Crippen molar-refractivity contribution in [2.75, 3.05) is 18.5 Å². The average molecular weight is 550 g/mol. The van der Waals surface area contributed by atoms with Gasteiger partial charge in [-0.05, 0) is 69.4 Å². The van der Waals surface area contributed by atoms with Gasteiger partial charge in [0.1, 0.15) is 6.04 Å². The van der Waals surface area contributed by atoms with Crippen molar-refractivity contribution in [3.63, 3.8) is 0 Å². The Morgan fingerprint density at radius 2 is 2.19 bits per heavy atom. The first kappa shape index (κ1) is 25.9. The van der Waals surface area contributed by atoms with Gasteiger partial charge in [-0.25, -0.2) is 0 Å². The Morgan fingerprint density at radius 1 is 1.39 bits per heavy atom. The van der Waals surface area contributed by atoms with Gasteiger partial charge in [-0.15, -0.1) is 0 Å². The summed E-state index contributed by atoms with van der Waals surface area (Å²) in [5.74, 6) is -0.370. The molecule has 3 heterocycles. The lowest BCUT2D eigenvalue weighted by molar-refractivity contribution is -0.136. The van der Waals surface area contributed by atoms with Gasteiger partial charge in [0.15, 0.2) is 0 Å². The molecule has 3 aliphatic heterocycles. The van der Waals surface area contributed by atoms with E-state index < -0.39 is 17.6 Å². The van der Waals surface area contributed by atoms with Gasteiger partial charge in [-0.3, -0.25) is 19.7 Å². The molecule has 2 N–H and O–H groups in total. The number of nitrogens with one attached hydrogen (secondary N) is 2. The number of carbonyl (C=O) groups is 3. The normalized spacial score (nSPS) is 33.8. The van der Waals surface area contributed by atoms with Gasteiger partial charge < -0.3 is 19.3 Å². The molecular formula is C25H32N3O5PS2. The van der Waals surface area contributed by atoms with Gasteiger partial charge in [0, 0.05) is 41.6 Å². The van der Waals surface area contributed by atoms with Crippen LogP contribution in [0.3, 0.4) is 0 Å². The van der Waals surface area contributed by atoms with Gasteiger partial charge in [-0.2, -0.15) is 0 Å². The SMILES string of the molecule is C=C(C)[C@H]1CC[C@@]2(C)OP(=S)(OCCNc3cccc4c3CN(C3CCC(=O)NC3=O)C4=O)S[C@@H]2C1. The second-order valence-electron chi connectivity index (χ2n) is 10.3. The van der Waals surface area contributed by atoms with E-state index in [1.165, 1.54) is 5.57 Å². The number of nitrogens with zero attached hydrogens (tertiary/aromatic N) is 1. The monoisotopic (exact) mass is 549 g/mol. The van der Waals surface area contributed by atoms with E-state index in [-0.39, 0.29) is 23.8 Å². The van der Waals surface area contributed by atoms with Gasteiger partial charge >= 0.3 is 0 Å². The minimum absolute atomic E-state index is 0.186. The lowest BCUT2D eigenvalue weighted by atomic mass is 9.77. The van der Waals surface area contributed by atoms with Crippen molar-refractivity contribution in [1.29, 1.82) is 0 Å². The lowest BCUT2D eigenvalue weighted by Gasteiger charge is -2.37. The van der Waals surface area contributed by atoms with E-state index in [1.54, 1.807) is 22.3 Å². The highest BCUT2D eigenvalue weighted by Crippen LogP contribution is 2.74. The number of piperidine rings is 1. The van der Waals surface area contributed by atoms with Crippen LogP contribution in [0.15, 0.2) is 30.4 Å². The maximum atomic E-state index is 13.0.